The molecule has 2 bridgehead atoms. The van der Waals surface area contributed by atoms with Crippen molar-refractivity contribution < 1.29 is 9.53 Å². The second-order valence-electron chi connectivity index (χ2n) is 6.32. The number of hydrogen-bond donors (Lipinski definition) is 1. The van der Waals surface area contributed by atoms with Crippen molar-refractivity contribution in [3.05, 3.63) is 24.3 Å². The van der Waals surface area contributed by atoms with Gasteiger partial charge in [-0.05, 0) is 44.0 Å². The van der Waals surface area contributed by atoms with Gasteiger partial charge in [0, 0.05) is 36.9 Å². The highest BCUT2D eigenvalue weighted by Gasteiger charge is 2.47. The summed E-state index contributed by atoms with van der Waals surface area (Å²) < 4.78 is 5.13. The van der Waals surface area contributed by atoms with Crippen LogP contribution in [0.15, 0.2) is 24.3 Å². The van der Waals surface area contributed by atoms with Gasteiger partial charge in [0.05, 0.1) is 7.11 Å². The lowest BCUT2D eigenvalue weighted by Crippen LogP contribution is -2.71. The molecule has 5 heteroatoms. The predicted octanol–water partition coefficient (Wildman–Crippen LogP) is 2.78. The smallest absolute Gasteiger partial charge is 0.322 e. The standard InChI is InChI=1S/C17H25N3O2/c1-4-12(2)19-10-14-9-15(11-19)20(14)17(21)18-13-5-7-16(22-3)8-6-13/h5-8,12,14-15H,4,9-11H2,1-3H3,(H,18,21). The zero-order chi connectivity index (χ0) is 15.7. The first kappa shape index (κ1) is 15.2. The SMILES string of the molecule is CCC(C)N1CC2CC(C1)N2C(=O)Nc1ccc(OC)cc1. The van der Waals surface area contributed by atoms with Crippen LogP contribution in [0.4, 0.5) is 10.5 Å². The molecule has 3 saturated heterocycles. The zero-order valence-corrected chi connectivity index (χ0v) is 13.6. The summed E-state index contributed by atoms with van der Waals surface area (Å²) in [5.74, 6) is 0.794. The van der Waals surface area contributed by atoms with E-state index in [1.807, 2.05) is 29.2 Å². The zero-order valence-electron chi connectivity index (χ0n) is 13.6. The Hall–Kier alpha value is -1.75. The number of amides is 2. The molecule has 0 spiro atoms. The van der Waals surface area contributed by atoms with E-state index < -0.39 is 0 Å². The molecular weight excluding hydrogens is 278 g/mol. The minimum atomic E-state index is 0.0234. The van der Waals surface area contributed by atoms with E-state index in [9.17, 15) is 4.79 Å². The summed E-state index contributed by atoms with van der Waals surface area (Å²) >= 11 is 0. The number of ether oxygens (including phenoxy) is 1. The van der Waals surface area contributed by atoms with Crippen LogP contribution in [-0.2, 0) is 0 Å². The largest absolute Gasteiger partial charge is 0.497 e. The van der Waals surface area contributed by atoms with Crippen LogP contribution in [0.5, 0.6) is 5.75 Å². The lowest BCUT2D eigenvalue weighted by atomic mass is 9.87. The monoisotopic (exact) mass is 303 g/mol. The summed E-state index contributed by atoms with van der Waals surface area (Å²) in [7, 11) is 1.64. The molecule has 3 fully saturated rings. The number of fused-ring (bicyclic) bond motifs is 2. The number of nitrogens with one attached hydrogen (secondary N) is 1. The molecule has 5 nitrogen and oxygen atoms in total. The Kier molecular flexibility index (Phi) is 4.25. The first-order valence-corrected chi connectivity index (χ1v) is 8.09. The van der Waals surface area contributed by atoms with E-state index in [2.05, 4.69) is 24.1 Å². The number of nitrogens with zero attached hydrogens (tertiary/aromatic N) is 2. The number of rotatable bonds is 4. The van der Waals surface area contributed by atoms with Crippen molar-refractivity contribution >= 4 is 11.7 Å². The highest BCUT2D eigenvalue weighted by atomic mass is 16.5. The van der Waals surface area contributed by atoms with Crippen LogP contribution in [0.2, 0.25) is 0 Å². The van der Waals surface area contributed by atoms with Crippen LogP contribution >= 0.6 is 0 Å². The van der Waals surface area contributed by atoms with Crippen molar-refractivity contribution in [1.82, 2.24) is 9.80 Å². The molecule has 1 aromatic rings. The minimum Gasteiger partial charge on any atom is -0.497 e. The van der Waals surface area contributed by atoms with Crippen molar-refractivity contribution in [2.45, 2.75) is 44.8 Å². The summed E-state index contributed by atoms with van der Waals surface area (Å²) in [6.07, 6.45) is 2.31. The summed E-state index contributed by atoms with van der Waals surface area (Å²) in [5.41, 5.74) is 0.814. The van der Waals surface area contributed by atoms with E-state index in [1.54, 1.807) is 7.11 Å². The van der Waals surface area contributed by atoms with Gasteiger partial charge in [-0.1, -0.05) is 6.92 Å². The number of hydrogen-bond acceptors (Lipinski definition) is 3. The highest BCUT2D eigenvalue weighted by Crippen LogP contribution is 2.34. The van der Waals surface area contributed by atoms with Crippen LogP contribution in [-0.4, -0.2) is 54.2 Å². The quantitative estimate of drug-likeness (QED) is 0.930. The van der Waals surface area contributed by atoms with Crippen LogP contribution in [0.1, 0.15) is 26.7 Å². The maximum atomic E-state index is 12.5. The predicted molar refractivity (Wildman–Crippen MR) is 87.4 cm³/mol. The fourth-order valence-electron chi connectivity index (χ4n) is 3.45. The molecule has 1 aromatic carbocycles. The Balaban J connectivity index is 1.58. The van der Waals surface area contributed by atoms with E-state index >= 15 is 0 Å². The molecule has 0 aliphatic carbocycles. The summed E-state index contributed by atoms with van der Waals surface area (Å²) in [6.45, 7) is 6.49. The molecule has 3 aliphatic heterocycles. The van der Waals surface area contributed by atoms with Gasteiger partial charge in [0.25, 0.3) is 0 Å². The van der Waals surface area contributed by atoms with Gasteiger partial charge in [0.2, 0.25) is 0 Å². The Bertz CT molecular complexity index is 519. The van der Waals surface area contributed by atoms with E-state index in [0.29, 0.717) is 18.1 Å². The second-order valence-corrected chi connectivity index (χ2v) is 6.32. The van der Waals surface area contributed by atoms with E-state index in [1.165, 1.54) is 0 Å². The molecule has 3 unspecified atom stereocenters. The maximum Gasteiger partial charge on any atom is 0.322 e. The minimum absolute atomic E-state index is 0.0234. The molecule has 3 heterocycles. The first-order chi connectivity index (χ1) is 10.6. The fraction of sp³-hybridized carbons (Fsp3) is 0.588. The van der Waals surface area contributed by atoms with Crippen LogP contribution in [0, 0.1) is 0 Å². The van der Waals surface area contributed by atoms with Gasteiger partial charge in [-0.15, -0.1) is 0 Å². The van der Waals surface area contributed by atoms with Crippen molar-refractivity contribution in [1.29, 1.82) is 0 Å². The van der Waals surface area contributed by atoms with Crippen molar-refractivity contribution in [3.8, 4) is 5.75 Å². The average molecular weight is 303 g/mol. The van der Waals surface area contributed by atoms with Gasteiger partial charge < -0.3 is 15.0 Å². The van der Waals surface area contributed by atoms with Crippen LogP contribution < -0.4 is 10.1 Å². The van der Waals surface area contributed by atoms with E-state index in [-0.39, 0.29) is 6.03 Å². The number of urea groups is 1. The number of benzene rings is 1. The van der Waals surface area contributed by atoms with Crippen LogP contribution in [0.3, 0.4) is 0 Å². The number of carbonyl (C=O) groups excluding carboxylic acids is 1. The number of anilines is 1. The molecule has 0 radical (unpaired) electrons. The molecule has 3 aliphatic rings. The summed E-state index contributed by atoms with van der Waals surface area (Å²) in [6, 6.07) is 8.83. The third-order valence-electron chi connectivity index (χ3n) is 5.01. The lowest BCUT2D eigenvalue weighted by Gasteiger charge is -2.57. The van der Waals surface area contributed by atoms with Gasteiger partial charge in [0.1, 0.15) is 5.75 Å². The maximum absolute atomic E-state index is 12.5. The summed E-state index contributed by atoms with van der Waals surface area (Å²) in [5, 5.41) is 2.99. The Morgan fingerprint density at radius 1 is 1.32 bits per heavy atom. The van der Waals surface area contributed by atoms with Gasteiger partial charge in [-0.3, -0.25) is 4.90 Å². The second kappa shape index (κ2) is 6.16. The van der Waals surface area contributed by atoms with Gasteiger partial charge >= 0.3 is 6.03 Å². The topological polar surface area (TPSA) is 44.8 Å². The molecule has 1 N–H and O–H groups in total. The molecule has 0 aromatic heterocycles. The third-order valence-corrected chi connectivity index (χ3v) is 5.01. The first-order valence-electron chi connectivity index (χ1n) is 8.09. The van der Waals surface area contributed by atoms with Gasteiger partial charge in [-0.25, -0.2) is 4.79 Å². The molecule has 0 saturated carbocycles. The number of piperazine rings is 1. The molecule has 22 heavy (non-hydrogen) atoms. The van der Waals surface area contributed by atoms with E-state index in [4.69, 9.17) is 4.74 Å². The van der Waals surface area contributed by atoms with Gasteiger partial charge in [-0.2, -0.15) is 0 Å². The summed E-state index contributed by atoms with van der Waals surface area (Å²) in [4.78, 5) is 17.0. The van der Waals surface area contributed by atoms with Crippen LogP contribution in [0.25, 0.3) is 0 Å². The molecule has 3 atom stereocenters. The third kappa shape index (κ3) is 2.77. The van der Waals surface area contributed by atoms with E-state index in [0.717, 1.165) is 37.4 Å². The average Bonchev–Trinajstić information content (AvgIpc) is 2.54. The number of methoxy groups -OCH3 is 1. The molecular formula is C17H25N3O2. The normalized spacial score (nSPS) is 25.3. The fourth-order valence-corrected chi connectivity index (χ4v) is 3.45. The number of carbonyl (C=O) groups is 1. The Morgan fingerprint density at radius 3 is 2.50 bits per heavy atom. The van der Waals surface area contributed by atoms with Crippen molar-refractivity contribution in [2.75, 3.05) is 25.5 Å². The highest BCUT2D eigenvalue weighted by molar-refractivity contribution is 5.90. The lowest BCUT2D eigenvalue weighted by molar-refractivity contribution is -0.0460. The Labute approximate surface area is 132 Å². The van der Waals surface area contributed by atoms with Crippen molar-refractivity contribution in [3.63, 3.8) is 0 Å². The van der Waals surface area contributed by atoms with Gasteiger partial charge in [0.15, 0.2) is 0 Å². The molecule has 120 valence electrons. The molecule has 2 amide bonds. The number of piperidine rings is 1. The Morgan fingerprint density at radius 2 is 1.95 bits per heavy atom. The van der Waals surface area contributed by atoms with Crippen molar-refractivity contribution in [2.24, 2.45) is 0 Å². The molecule has 4 rings (SSSR count).